The highest BCUT2D eigenvalue weighted by Crippen LogP contribution is 2.12. The van der Waals surface area contributed by atoms with Crippen LogP contribution in [-0.4, -0.2) is 25.0 Å². The van der Waals surface area contributed by atoms with Gasteiger partial charge in [0, 0.05) is 6.54 Å². The second-order valence-corrected chi connectivity index (χ2v) is 4.22. The highest BCUT2D eigenvalue weighted by Gasteiger charge is 2.04. The Balaban J connectivity index is 1.84. The van der Waals surface area contributed by atoms with Gasteiger partial charge >= 0.3 is 0 Å². The summed E-state index contributed by atoms with van der Waals surface area (Å²) in [6, 6.07) is 8.38. The average molecular weight is 254 g/mol. The van der Waals surface area contributed by atoms with Gasteiger partial charge in [0.1, 0.15) is 0 Å². The van der Waals surface area contributed by atoms with Crippen LogP contribution in [0.1, 0.15) is 18.1 Å². The minimum absolute atomic E-state index is 0.633. The van der Waals surface area contributed by atoms with E-state index in [0.717, 1.165) is 18.8 Å². The fourth-order valence-electron chi connectivity index (χ4n) is 2.06. The summed E-state index contributed by atoms with van der Waals surface area (Å²) >= 11 is 0. The normalized spacial score (nSPS) is 10.8. The topological polar surface area (TPSA) is 68.0 Å². The summed E-state index contributed by atoms with van der Waals surface area (Å²) < 4.78 is 1.64. The highest BCUT2D eigenvalue weighted by molar-refractivity contribution is 5.44. The van der Waals surface area contributed by atoms with Gasteiger partial charge < -0.3 is 5.32 Å². The van der Waals surface area contributed by atoms with Crippen molar-refractivity contribution in [2.24, 2.45) is 0 Å². The summed E-state index contributed by atoms with van der Waals surface area (Å²) in [4.78, 5) is 4.11. The fourth-order valence-corrected chi connectivity index (χ4v) is 2.06. The zero-order chi connectivity index (χ0) is 13.1. The van der Waals surface area contributed by atoms with Crippen LogP contribution in [0.2, 0.25) is 0 Å². The Labute approximate surface area is 110 Å². The van der Waals surface area contributed by atoms with Crippen LogP contribution in [0.25, 0.3) is 5.65 Å². The predicted molar refractivity (Wildman–Crippen MR) is 71.7 cm³/mol. The van der Waals surface area contributed by atoms with Gasteiger partial charge in [-0.1, -0.05) is 31.2 Å². The third-order valence-corrected chi connectivity index (χ3v) is 3.07. The molecule has 6 heteroatoms. The lowest BCUT2D eigenvalue weighted by Crippen LogP contribution is -2.07. The molecule has 2 heterocycles. The third kappa shape index (κ3) is 2.24. The van der Waals surface area contributed by atoms with Crippen LogP contribution in [-0.2, 0) is 13.0 Å². The van der Waals surface area contributed by atoms with Crippen LogP contribution >= 0.6 is 0 Å². The Hall–Kier alpha value is -2.50. The number of aromatic nitrogens is 5. The Kier molecular flexibility index (Phi) is 3.06. The molecular formula is C13H14N6. The van der Waals surface area contributed by atoms with E-state index in [4.69, 9.17) is 0 Å². The highest BCUT2D eigenvalue weighted by atomic mass is 15.5. The van der Waals surface area contributed by atoms with Crippen molar-refractivity contribution in [1.82, 2.24) is 25.0 Å². The monoisotopic (exact) mass is 254 g/mol. The number of anilines is 1. The van der Waals surface area contributed by atoms with E-state index in [1.54, 1.807) is 16.9 Å². The van der Waals surface area contributed by atoms with Crippen molar-refractivity contribution in [3.63, 3.8) is 0 Å². The van der Waals surface area contributed by atoms with E-state index in [9.17, 15) is 0 Å². The van der Waals surface area contributed by atoms with Crippen molar-refractivity contribution in [3.05, 3.63) is 47.8 Å². The van der Waals surface area contributed by atoms with Gasteiger partial charge in [-0.15, -0.1) is 5.10 Å². The molecule has 0 bridgehead atoms. The molecule has 0 aliphatic rings. The van der Waals surface area contributed by atoms with E-state index in [1.807, 2.05) is 6.07 Å². The molecule has 0 unspecified atom stereocenters. The molecule has 0 aliphatic heterocycles. The number of fused-ring (bicyclic) bond motifs is 1. The maximum Gasteiger partial charge on any atom is 0.199 e. The van der Waals surface area contributed by atoms with Crippen molar-refractivity contribution >= 4 is 11.5 Å². The molecule has 0 saturated heterocycles. The van der Waals surface area contributed by atoms with Crippen LogP contribution < -0.4 is 5.32 Å². The standard InChI is InChI=1S/C13H14N6/c1-2-10-5-3-4-6-11(10)7-15-12-8-14-9-13-16-17-18-19(12)13/h3-6,8-9,15H,2,7H2,1H3. The smallest absolute Gasteiger partial charge is 0.199 e. The van der Waals surface area contributed by atoms with Crippen LogP contribution in [0, 0.1) is 0 Å². The van der Waals surface area contributed by atoms with Gasteiger partial charge in [0.25, 0.3) is 0 Å². The number of hydrogen-bond donors (Lipinski definition) is 1. The molecule has 0 atom stereocenters. The lowest BCUT2D eigenvalue weighted by molar-refractivity contribution is 0.819. The van der Waals surface area contributed by atoms with Crippen LogP contribution in [0.4, 0.5) is 5.82 Å². The van der Waals surface area contributed by atoms with Crippen LogP contribution in [0.15, 0.2) is 36.7 Å². The Morgan fingerprint density at radius 1 is 1.16 bits per heavy atom. The maximum atomic E-state index is 4.11. The SMILES string of the molecule is CCc1ccccc1CNc1cncc2nnnn12. The van der Waals surface area contributed by atoms with E-state index in [-0.39, 0.29) is 0 Å². The van der Waals surface area contributed by atoms with Gasteiger partial charge in [0.15, 0.2) is 11.5 Å². The first-order valence-corrected chi connectivity index (χ1v) is 6.21. The molecule has 19 heavy (non-hydrogen) atoms. The largest absolute Gasteiger partial charge is 0.365 e. The maximum absolute atomic E-state index is 4.11. The minimum atomic E-state index is 0.633. The third-order valence-electron chi connectivity index (χ3n) is 3.07. The Morgan fingerprint density at radius 2 is 2.00 bits per heavy atom. The fraction of sp³-hybridized carbons (Fsp3) is 0.231. The van der Waals surface area contributed by atoms with Crippen molar-refractivity contribution in [3.8, 4) is 0 Å². The number of nitrogens with one attached hydrogen (secondary N) is 1. The summed E-state index contributed by atoms with van der Waals surface area (Å²) in [6.07, 6.45) is 4.37. The predicted octanol–water partition coefficient (Wildman–Crippen LogP) is 1.69. The van der Waals surface area contributed by atoms with Crippen LogP contribution in [0.3, 0.4) is 0 Å². The number of benzene rings is 1. The summed E-state index contributed by atoms with van der Waals surface area (Å²) in [5.41, 5.74) is 3.25. The first kappa shape index (κ1) is 11.6. The molecule has 2 aromatic heterocycles. The molecule has 0 spiro atoms. The van der Waals surface area contributed by atoms with E-state index < -0.39 is 0 Å². The molecule has 0 aliphatic carbocycles. The van der Waals surface area contributed by atoms with Crippen LogP contribution in [0.5, 0.6) is 0 Å². The van der Waals surface area contributed by atoms with E-state index in [0.29, 0.717) is 5.65 Å². The van der Waals surface area contributed by atoms with Crippen molar-refractivity contribution in [1.29, 1.82) is 0 Å². The van der Waals surface area contributed by atoms with E-state index in [1.165, 1.54) is 11.1 Å². The molecule has 0 radical (unpaired) electrons. The molecule has 96 valence electrons. The van der Waals surface area contributed by atoms with Crippen molar-refractivity contribution in [2.45, 2.75) is 19.9 Å². The van der Waals surface area contributed by atoms with Gasteiger partial charge in [0.2, 0.25) is 0 Å². The molecule has 1 aromatic carbocycles. The molecule has 0 amide bonds. The van der Waals surface area contributed by atoms with E-state index >= 15 is 0 Å². The number of aryl methyl sites for hydroxylation is 1. The van der Waals surface area contributed by atoms with Gasteiger partial charge in [0.05, 0.1) is 12.4 Å². The van der Waals surface area contributed by atoms with Gasteiger partial charge in [-0.2, -0.15) is 4.52 Å². The average Bonchev–Trinajstić information content (AvgIpc) is 2.94. The summed E-state index contributed by atoms with van der Waals surface area (Å²) in [5, 5.41) is 14.8. The zero-order valence-electron chi connectivity index (χ0n) is 10.6. The number of rotatable bonds is 4. The minimum Gasteiger partial charge on any atom is -0.365 e. The molecule has 3 rings (SSSR count). The molecular weight excluding hydrogens is 240 g/mol. The lowest BCUT2D eigenvalue weighted by atomic mass is 10.1. The zero-order valence-corrected chi connectivity index (χ0v) is 10.6. The molecule has 1 N–H and O–H groups in total. The van der Waals surface area contributed by atoms with Gasteiger partial charge in [-0.3, -0.25) is 4.98 Å². The summed E-state index contributed by atoms with van der Waals surface area (Å²) in [6.45, 7) is 2.88. The van der Waals surface area contributed by atoms with Crippen molar-refractivity contribution < 1.29 is 0 Å². The number of nitrogens with zero attached hydrogens (tertiary/aromatic N) is 5. The molecule has 0 saturated carbocycles. The molecule has 0 fully saturated rings. The van der Waals surface area contributed by atoms with Gasteiger partial charge in [-0.25, -0.2) is 0 Å². The first-order chi connectivity index (χ1) is 9.38. The second kappa shape index (κ2) is 5.01. The van der Waals surface area contributed by atoms with Crippen molar-refractivity contribution in [2.75, 3.05) is 5.32 Å². The quantitative estimate of drug-likeness (QED) is 0.767. The summed E-state index contributed by atoms with van der Waals surface area (Å²) in [5.74, 6) is 0.786. The lowest BCUT2D eigenvalue weighted by Gasteiger charge is -2.10. The number of tetrazole rings is 1. The number of hydrogen-bond acceptors (Lipinski definition) is 5. The van der Waals surface area contributed by atoms with E-state index in [2.05, 4.69) is 50.9 Å². The Morgan fingerprint density at radius 3 is 2.84 bits per heavy atom. The molecule has 3 aromatic rings. The summed E-state index contributed by atoms with van der Waals surface area (Å²) in [7, 11) is 0. The Bertz CT molecular complexity index is 690. The van der Waals surface area contributed by atoms with Gasteiger partial charge in [-0.05, 0) is 28.0 Å². The first-order valence-electron chi connectivity index (χ1n) is 6.21. The molecule has 6 nitrogen and oxygen atoms in total. The second-order valence-electron chi connectivity index (χ2n) is 4.22.